The van der Waals surface area contributed by atoms with Gasteiger partial charge in [-0.05, 0) is 36.4 Å². The van der Waals surface area contributed by atoms with Crippen LogP contribution in [0.4, 0.5) is 17.6 Å². The standard InChI is InChI=1S/C26H17F4N5O2/c27-22-14(13-36)7-8-20-21(22)23(35(34-20)15-5-2-1-3-6-15)16-12-19(26(28,29)30)18(11-17(16)24(31)37)25-32-9-4-10-33-25/h1-12,36H,13H2,(H2,31,37). The first-order valence-corrected chi connectivity index (χ1v) is 10.9. The van der Waals surface area contributed by atoms with Crippen LogP contribution in [0, 0.1) is 5.82 Å². The first-order chi connectivity index (χ1) is 17.7. The number of nitrogens with zero attached hydrogens (tertiary/aromatic N) is 4. The number of rotatable bonds is 5. The molecular formula is C26H17F4N5O2. The number of carbonyl (C=O) groups is 1. The van der Waals surface area contributed by atoms with Crippen LogP contribution in [-0.4, -0.2) is 30.8 Å². The first-order valence-electron chi connectivity index (χ1n) is 10.9. The minimum atomic E-state index is -4.89. The number of carbonyl (C=O) groups excluding carboxylic acids is 1. The van der Waals surface area contributed by atoms with E-state index in [2.05, 4.69) is 15.1 Å². The van der Waals surface area contributed by atoms with E-state index >= 15 is 4.39 Å². The molecular weight excluding hydrogens is 490 g/mol. The maximum atomic E-state index is 15.6. The molecule has 1 amide bonds. The van der Waals surface area contributed by atoms with Crippen molar-refractivity contribution in [2.24, 2.45) is 5.73 Å². The molecule has 2 aromatic heterocycles. The van der Waals surface area contributed by atoms with Crippen LogP contribution in [0.1, 0.15) is 21.5 Å². The molecule has 0 saturated heterocycles. The van der Waals surface area contributed by atoms with Crippen molar-refractivity contribution in [2.45, 2.75) is 12.8 Å². The Morgan fingerprint density at radius 3 is 2.30 bits per heavy atom. The maximum Gasteiger partial charge on any atom is 0.417 e. The van der Waals surface area contributed by atoms with E-state index < -0.39 is 35.6 Å². The number of aliphatic hydroxyl groups is 1. The number of amides is 1. The third-order valence-electron chi connectivity index (χ3n) is 5.82. The Hall–Kier alpha value is -4.64. The van der Waals surface area contributed by atoms with Crippen molar-refractivity contribution < 1.29 is 27.5 Å². The van der Waals surface area contributed by atoms with Crippen molar-refractivity contribution in [1.82, 2.24) is 19.7 Å². The number of nitrogens with two attached hydrogens (primary N) is 1. The third kappa shape index (κ3) is 4.19. The third-order valence-corrected chi connectivity index (χ3v) is 5.82. The first kappa shape index (κ1) is 24.1. The van der Waals surface area contributed by atoms with Gasteiger partial charge in [-0.15, -0.1) is 0 Å². The molecule has 0 bridgehead atoms. The molecule has 0 radical (unpaired) electrons. The molecule has 5 rings (SSSR count). The molecule has 37 heavy (non-hydrogen) atoms. The second kappa shape index (κ2) is 9.10. The normalized spacial score (nSPS) is 11.7. The fraction of sp³-hybridized carbons (Fsp3) is 0.0769. The van der Waals surface area contributed by atoms with Gasteiger partial charge in [-0.1, -0.05) is 24.3 Å². The predicted molar refractivity (Wildman–Crippen MR) is 127 cm³/mol. The lowest BCUT2D eigenvalue weighted by atomic mass is 9.93. The molecule has 11 heteroatoms. The van der Waals surface area contributed by atoms with Gasteiger partial charge in [0.1, 0.15) is 5.82 Å². The average molecular weight is 507 g/mol. The number of aromatic nitrogens is 4. The van der Waals surface area contributed by atoms with Gasteiger partial charge in [0.25, 0.3) is 0 Å². The summed E-state index contributed by atoms with van der Waals surface area (Å²) in [6.07, 6.45) is -2.35. The van der Waals surface area contributed by atoms with E-state index in [1.165, 1.54) is 35.3 Å². The maximum absolute atomic E-state index is 15.6. The molecule has 0 aliphatic heterocycles. The van der Waals surface area contributed by atoms with E-state index in [-0.39, 0.29) is 39.1 Å². The van der Waals surface area contributed by atoms with E-state index in [4.69, 9.17) is 5.73 Å². The lowest BCUT2D eigenvalue weighted by Crippen LogP contribution is -2.17. The van der Waals surface area contributed by atoms with Crippen LogP contribution in [0.2, 0.25) is 0 Å². The van der Waals surface area contributed by atoms with Gasteiger partial charge in [0.2, 0.25) is 5.91 Å². The highest BCUT2D eigenvalue weighted by atomic mass is 19.4. The summed E-state index contributed by atoms with van der Waals surface area (Å²) < 4.78 is 59.8. The number of halogens is 4. The molecule has 0 unspecified atom stereocenters. The number of fused-ring (bicyclic) bond motifs is 1. The number of hydrogen-bond acceptors (Lipinski definition) is 5. The van der Waals surface area contributed by atoms with E-state index in [0.29, 0.717) is 5.69 Å². The van der Waals surface area contributed by atoms with Gasteiger partial charge < -0.3 is 10.8 Å². The number of alkyl halides is 3. The topological polar surface area (TPSA) is 107 Å². The molecule has 2 heterocycles. The Balaban J connectivity index is 1.95. The number of hydrogen-bond donors (Lipinski definition) is 2. The van der Waals surface area contributed by atoms with Gasteiger partial charge in [-0.25, -0.2) is 19.0 Å². The SMILES string of the molecule is NC(=O)c1cc(-c2ncccn2)c(C(F)(F)F)cc1-c1c2c(F)c(CO)ccc2nn1-c1ccccc1. The summed E-state index contributed by atoms with van der Waals surface area (Å²) in [6, 6.07) is 14.2. The molecule has 186 valence electrons. The van der Waals surface area contributed by atoms with Crippen LogP contribution in [0.15, 0.2) is 73.1 Å². The Bertz CT molecular complexity index is 1630. The lowest BCUT2D eigenvalue weighted by molar-refractivity contribution is -0.137. The monoisotopic (exact) mass is 507 g/mol. The smallest absolute Gasteiger partial charge is 0.392 e. The van der Waals surface area contributed by atoms with Gasteiger partial charge in [0, 0.05) is 34.6 Å². The highest BCUT2D eigenvalue weighted by molar-refractivity contribution is 6.06. The summed E-state index contributed by atoms with van der Waals surface area (Å²) in [7, 11) is 0. The predicted octanol–water partition coefficient (Wildman–Crippen LogP) is 4.90. The zero-order valence-electron chi connectivity index (χ0n) is 18.9. The minimum Gasteiger partial charge on any atom is -0.392 e. The summed E-state index contributed by atoms with van der Waals surface area (Å²) >= 11 is 0. The number of benzene rings is 3. The summed E-state index contributed by atoms with van der Waals surface area (Å²) in [4.78, 5) is 20.4. The van der Waals surface area contributed by atoms with Crippen molar-refractivity contribution in [2.75, 3.05) is 0 Å². The molecule has 0 fully saturated rings. The van der Waals surface area contributed by atoms with Gasteiger partial charge >= 0.3 is 6.18 Å². The molecule has 5 aromatic rings. The van der Waals surface area contributed by atoms with Crippen molar-refractivity contribution in [3.63, 3.8) is 0 Å². The van der Waals surface area contributed by atoms with Crippen molar-refractivity contribution in [3.05, 3.63) is 95.6 Å². The van der Waals surface area contributed by atoms with Gasteiger partial charge in [0.05, 0.1) is 34.5 Å². The highest BCUT2D eigenvalue weighted by Gasteiger charge is 2.37. The molecule has 0 spiro atoms. The van der Waals surface area contributed by atoms with Gasteiger partial charge in [-0.3, -0.25) is 4.79 Å². The van der Waals surface area contributed by atoms with Crippen LogP contribution >= 0.6 is 0 Å². The fourth-order valence-electron chi connectivity index (χ4n) is 4.17. The average Bonchev–Trinajstić information content (AvgIpc) is 3.29. The van der Waals surface area contributed by atoms with E-state index in [1.54, 1.807) is 30.3 Å². The molecule has 3 aromatic carbocycles. The van der Waals surface area contributed by atoms with Crippen molar-refractivity contribution >= 4 is 16.8 Å². The van der Waals surface area contributed by atoms with Crippen LogP contribution in [0.3, 0.4) is 0 Å². The molecule has 0 aliphatic carbocycles. The molecule has 0 atom stereocenters. The largest absolute Gasteiger partial charge is 0.417 e. The molecule has 3 N–H and O–H groups in total. The molecule has 7 nitrogen and oxygen atoms in total. The van der Waals surface area contributed by atoms with E-state index in [0.717, 1.165) is 12.1 Å². The summed E-state index contributed by atoms with van der Waals surface area (Å²) in [5, 5.41) is 13.8. The van der Waals surface area contributed by atoms with Crippen LogP contribution < -0.4 is 5.73 Å². The van der Waals surface area contributed by atoms with E-state index in [1.807, 2.05) is 0 Å². The molecule has 0 aliphatic rings. The summed E-state index contributed by atoms with van der Waals surface area (Å²) in [6.45, 7) is -0.654. The number of primary amides is 1. The highest BCUT2D eigenvalue weighted by Crippen LogP contribution is 2.43. The van der Waals surface area contributed by atoms with Gasteiger partial charge in [0.15, 0.2) is 5.82 Å². The second-order valence-electron chi connectivity index (χ2n) is 8.06. The van der Waals surface area contributed by atoms with Crippen molar-refractivity contribution in [3.8, 4) is 28.3 Å². The van der Waals surface area contributed by atoms with Crippen LogP contribution in [-0.2, 0) is 12.8 Å². The second-order valence-corrected chi connectivity index (χ2v) is 8.06. The number of para-hydroxylation sites is 1. The Morgan fingerprint density at radius 1 is 0.973 bits per heavy atom. The zero-order valence-corrected chi connectivity index (χ0v) is 18.9. The Morgan fingerprint density at radius 2 is 1.68 bits per heavy atom. The Kier molecular flexibility index (Phi) is 5.92. The van der Waals surface area contributed by atoms with Crippen molar-refractivity contribution in [1.29, 1.82) is 0 Å². The van der Waals surface area contributed by atoms with Crippen LogP contribution in [0.5, 0.6) is 0 Å². The fourth-order valence-corrected chi connectivity index (χ4v) is 4.17. The van der Waals surface area contributed by atoms with Crippen LogP contribution in [0.25, 0.3) is 39.2 Å². The summed E-state index contributed by atoms with van der Waals surface area (Å²) in [5.41, 5.74) is 3.70. The lowest BCUT2D eigenvalue weighted by Gasteiger charge is -2.18. The zero-order chi connectivity index (χ0) is 26.3. The Labute approximate surface area is 206 Å². The minimum absolute atomic E-state index is 0.0904. The summed E-state index contributed by atoms with van der Waals surface area (Å²) in [5.74, 6) is -2.19. The number of aliphatic hydroxyl groups excluding tert-OH is 1. The quantitative estimate of drug-likeness (QED) is 0.329. The van der Waals surface area contributed by atoms with E-state index in [9.17, 15) is 23.1 Å². The molecule has 0 saturated carbocycles. The van der Waals surface area contributed by atoms with Gasteiger partial charge in [-0.2, -0.15) is 18.3 Å².